The van der Waals surface area contributed by atoms with Crippen molar-refractivity contribution in [1.82, 2.24) is 20.5 Å². The number of pyridine rings is 1. The summed E-state index contributed by atoms with van der Waals surface area (Å²) in [6, 6.07) is 12.5. The molecule has 1 aromatic carbocycles. The number of aromatic nitrogens is 1. The van der Waals surface area contributed by atoms with Gasteiger partial charge in [0, 0.05) is 32.9 Å². The molecule has 0 saturated carbocycles. The second kappa shape index (κ2) is 13.7. The summed E-state index contributed by atoms with van der Waals surface area (Å²) >= 11 is 5.81. The van der Waals surface area contributed by atoms with Crippen LogP contribution >= 0.6 is 35.6 Å². The molecule has 7 heteroatoms. The van der Waals surface area contributed by atoms with E-state index in [9.17, 15) is 0 Å². The van der Waals surface area contributed by atoms with E-state index >= 15 is 0 Å². The van der Waals surface area contributed by atoms with E-state index in [-0.39, 0.29) is 24.0 Å². The summed E-state index contributed by atoms with van der Waals surface area (Å²) in [4.78, 5) is 10.8. The van der Waals surface area contributed by atoms with Crippen molar-refractivity contribution < 1.29 is 0 Å². The maximum atomic E-state index is 5.81. The molecule has 0 aliphatic carbocycles. The van der Waals surface area contributed by atoms with Crippen molar-refractivity contribution in [2.24, 2.45) is 4.99 Å². The first kappa shape index (κ1) is 24.7. The zero-order valence-corrected chi connectivity index (χ0v) is 20.0. The number of hydrogen-bond acceptors (Lipinski definition) is 3. The second-order valence-electron chi connectivity index (χ2n) is 6.37. The Hall–Kier alpha value is -1.38. The summed E-state index contributed by atoms with van der Waals surface area (Å²) in [5.41, 5.74) is 3.74. The summed E-state index contributed by atoms with van der Waals surface area (Å²) in [5, 5.41) is 7.24. The van der Waals surface area contributed by atoms with Gasteiger partial charge in [-0.05, 0) is 42.3 Å². The van der Waals surface area contributed by atoms with Crippen LogP contribution in [0.15, 0.2) is 47.6 Å². The molecular formula is C21H31ClIN5. The Bertz CT molecular complexity index is 717. The third-order valence-corrected chi connectivity index (χ3v) is 4.69. The van der Waals surface area contributed by atoms with Gasteiger partial charge in [-0.2, -0.15) is 0 Å². The number of halogens is 2. The average Bonchev–Trinajstić information content (AvgIpc) is 2.70. The zero-order chi connectivity index (χ0) is 19.5. The van der Waals surface area contributed by atoms with Crippen LogP contribution in [0.3, 0.4) is 0 Å². The first-order valence-corrected chi connectivity index (χ1v) is 9.87. The van der Waals surface area contributed by atoms with Crippen molar-refractivity contribution in [3.8, 4) is 0 Å². The van der Waals surface area contributed by atoms with Crippen LogP contribution in [-0.4, -0.2) is 42.5 Å². The number of aliphatic imine (C=N–C) groups is 1. The minimum atomic E-state index is 0. The van der Waals surface area contributed by atoms with Gasteiger partial charge in [-0.25, -0.2) is 4.98 Å². The first-order valence-electron chi connectivity index (χ1n) is 9.49. The Morgan fingerprint density at radius 3 is 2.46 bits per heavy atom. The molecule has 2 rings (SSSR count). The van der Waals surface area contributed by atoms with Crippen LogP contribution in [0.1, 0.15) is 30.5 Å². The molecule has 0 radical (unpaired) electrons. The van der Waals surface area contributed by atoms with Crippen LogP contribution in [0.25, 0.3) is 0 Å². The van der Waals surface area contributed by atoms with E-state index < -0.39 is 0 Å². The highest BCUT2D eigenvalue weighted by molar-refractivity contribution is 14.0. The van der Waals surface area contributed by atoms with E-state index in [1.165, 1.54) is 11.1 Å². The highest BCUT2D eigenvalue weighted by Crippen LogP contribution is 2.08. The molecule has 2 N–H and O–H groups in total. The Kier molecular flexibility index (Phi) is 12.1. The van der Waals surface area contributed by atoms with Gasteiger partial charge in [-0.3, -0.25) is 9.89 Å². The van der Waals surface area contributed by atoms with Crippen LogP contribution in [0, 0.1) is 0 Å². The molecule has 0 spiro atoms. The van der Waals surface area contributed by atoms with Crippen molar-refractivity contribution in [3.63, 3.8) is 0 Å². The lowest BCUT2D eigenvalue weighted by molar-refractivity contribution is 0.296. The number of nitrogens with zero attached hydrogens (tertiary/aromatic N) is 3. The number of hydrogen-bond donors (Lipinski definition) is 2. The molecule has 5 nitrogen and oxygen atoms in total. The Labute approximate surface area is 191 Å². The van der Waals surface area contributed by atoms with E-state index in [2.05, 4.69) is 63.6 Å². The van der Waals surface area contributed by atoms with Gasteiger partial charge in [0.15, 0.2) is 5.96 Å². The van der Waals surface area contributed by atoms with Gasteiger partial charge in [0.05, 0.1) is 0 Å². The maximum Gasteiger partial charge on any atom is 0.191 e. The van der Waals surface area contributed by atoms with Crippen LogP contribution in [0.4, 0.5) is 0 Å². The molecule has 0 aliphatic heterocycles. The molecule has 0 unspecified atom stereocenters. The van der Waals surface area contributed by atoms with Crippen molar-refractivity contribution >= 4 is 41.5 Å². The molecule has 0 bridgehead atoms. The molecule has 1 heterocycles. The Morgan fingerprint density at radius 2 is 1.82 bits per heavy atom. The number of benzene rings is 1. The molecule has 0 atom stereocenters. The number of guanidine groups is 1. The van der Waals surface area contributed by atoms with Crippen LogP contribution in [-0.2, 0) is 19.5 Å². The molecular weight excluding hydrogens is 485 g/mol. The third-order valence-electron chi connectivity index (χ3n) is 4.47. The van der Waals surface area contributed by atoms with Crippen molar-refractivity contribution in [2.75, 3.05) is 26.7 Å². The van der Waals surface area contributed by atoms with Gasteiger partial charge >= 0.3 is 0 Å². The molecule has 1 aromatic heterocycles. The van der Waals surface area contributed by atoms with E-state index in [4.69, 9.17) is 11.6 Å². The van der Waals surface area contributed by atoms with Gasteiger partial charge in [-0.1, -0.05) is 55.8 Å². The number of rotatable bonds is 9. The molecule has 0 aliphatic rings. The van der Waals surface area contributed by atoms with Crippen LogP contribution in [0.2, 0.25) is 5.15 Å². The minimum absolute atomic E-state index is 0. The van der Waals surface area contributed by atoms with E-state index in [0.29, 0.717) is 5.15 Å². The SMILES string of the molecule is CCN(CC)Cc1cccc(CNC(=NC)NCCc2ccc(Cl)nc2)c1.I. The molecule has 2 aromatic rings. The smallest absolute Gasteiger partial charge is 0.191 e. The third kappa shape index (κ3) is 8.75. The lowest BCUT2D eigenvalue weighted by Gasteiger charge is -2.18. The number of nitrogens with one attached hydrogen (secondary N) is 2. The van der Waals surface area contributed by atoms with Gasteiger partial charge in [0.1, 0.15) is 5.15 Å². The minimum Gasteiger partial charge on any atom is -0.356 e. The van der Waals surface area contributed by atoms with Gasteiger partial charge in [0.2, 0.25) is 0 Å². The summed E-state index contributed by atoms with van der Waals surface area (Å²) in [6.07, 6.45) is 2.67. The molecule has 0 amide bonds. The van der Waals surface area contributed by atoms with Crippen molar-refractivity contribution in [1.29, 1.82) is 0 Å². The predicted octanol–water partition coefficient (Wildman–Crippen LogP) is 4.10. The van der Waals surface area contributed by atoms with E-state index in [1.807, 2.05) is 18.3 Å². The lowest BCUT2D eigenvalue weighted by atomic mass is 10.1. The highest BCUT2D eigenvalue weighted by Gasteiger charge is 2.03. The molecule has 28 heavy (non-hydrogen) atoms. The van der Waals surface area contributed by atoms with Gasteiger partial charge in [-0.15, -0.1) is 24.0 Å². The summed E-state index contributed by atoms with van der Waals surface area (Å²) in [6.45, 7) is 9.05. The first-order chi connectivity index (χ1) is 13.1. The fraction of sp³-hybridized carbons (Fsp3) is 0.429. The normalized spacial score (nSPS) is 11.2. The lowest BCUT2D eigenvalue weighted by Crippen LogP contribution is -2.37. The van der Waals surface area contributed by atoms with E-state index in [1.54, 1.807) is 7.05 Å². The fourth-order valence-electron chi connectivity index (χ4n) is 2.83. The molecule has 154 valence electrons. The highest BCUT2D eigenvalue weighted by atomic mass is 127. The fourth-order valence-corrected chi connectivity index (χ4v) is 2.94. The van der Waals surface area contributed by atoms with E-state index in [0.717, 1.165) is 50.7 Å². The second-order valence-corrected chi connectivity index (χ2v) is 6.76. The van der Waals surface area contributed by atoms with Crippen LogP contribution in [0.5, 0.6) is 0 Å². The standard InChI is InChI=1S/C21H30ClN5.HI/c1-4-27(5-2)16-19-8-6-7-18(13-19)15-26-21(23-3)24-12-11-17-9-10-20(22)25-14-17;/h6-10,13-14H,4-5,11-12,15-16H2,1-3H3,(H2,23,24,26);1H. The van der Waals surface area contributed by atoms with Crippen molar-refractivity contribution in [2.45, 2.75) is 33.4 Å². The summed E-state index contributed by atoms with van der Waals surface area (Å²) in [7, 11) is 1.79. The largest absolute Gasteiger partial charge is 0.356 e. The summed E-state index contributed by atoms with van der Waals surface area (Å²) in [5.74, 6) is 0.797. The monoisotopic (exact) mass is 515 g/mol. The Morgan fingerprint density at radius 1 is 1.07 bits per heavy atom. The van der Waals surface area contributed by atoms with Gasteiger partial charge in [0.25, 0.3) is 0 Å². The quantitative estimate of drug-likeness (QED) is 0.228. The van der Waals surface area contributed by atoms with Gasteiger partial charge < -0.3 is 10.6 Å². The summed E-state index contributed by atoms with van der Waals surface area (Å²) < 4.78 is 0. The molecule has 0 saturated heterocycles. The zero-order valence-electron chi connectivity index (χ0n) is 16.9. The topological polar surface area (TPSA) is 52.5 Å². The average molecular weight is 516 g/mol. The van der Waals surface area contributed by atoms with Crippen LogP contribution < -0.4 is 10.6 Å². The van der Waals surface area contributed by atoms with Crippen molar-refractivity contribution in [3.05, 3.63) is 64.4 Å². The Balaban J connectivity index is 0.00000392. The molecule has 0 fully saturated rings. The predicted molar refractivity (Wildman–Crippen MR) is 130 cm³/mol. The maximum absolute atomic E-state index is 5.81.